The Morgan fingerprint density at radius 2 is 2.10 bits per heavy atom. The molecule has 2 saturated carbocycles. The first kappa shape index (κ1) is 12.2. The molecular weight excluding hydrogens is 252 g/mol. The highest BCUT2D eigenvalue weighted by Crippen LogP contribution is 2.70. The van der Waals surface area contributed by atoms with Crippen LogP contribution in [0, 0.1) is 11.3 Å². The van der Waals surface area contributed by atoms with Gasteiger partial charge in [0.25, 0.3) is 0 Å². The molecule has 3 nitrogen and oxygen atoms in total. The molecule has 0 radical (unpaired) electrons. The molecule has 1 spiro atoms. The van der Waals surface area contributed by atoms with Crippen molar-refractivity contribution in [2.75, 3.05) is 6.61 Å². The van der Waals surface area contributed by atoms with Gasteiger partial charge in [-0.2, -0.15) is 0 Å². The first-order chi connectivity index (χ1) is 9.57. The topological polar surface area (TPSA) is 38.8 Å². The normalized spacial score (nSPS) is 41.1. The van der Waals surface area contributed by atoms with Gasteiger partial charge in [-0.05, 0) is 25.0 Å². The molecule has 2 bridgehead atoms. The van der Waals surface area contributed by atoms with Gasteiger partial charge in [0.05, 0.1) is 12.2 Å². The molecule has 1 heterocycles. The molecule has 0 unspecified atom stereocenters. The largest absolute Gasteiger partial charge is 0.458 e. The second kappa shape index (κ2) is 3.73. The van der Waals surface area contributed by atoms with Gasteiger partial charge in [-0.25, -0.2) is 4.79 Å². The van der Waals surface area contributed by atoms with Crippen LogP contribution in [0.3, 0.4) is 0 Å². The molecule has 4 atom stereocenters. The van der Waals surface area contributed by atoms with Crippen molar-refractivity contribution in [3.05, 3.63) is 48.0 Å². The zero-order valence-electron chi connectivity index (χ0n) is 11.6. The Morgan fingerprint density at radius 3 is 2.70 bits per heavy atom. The van der Waals surface area contributed by atoms with Crippen molar-refractivity contribution in [3.63, 3.8) is 0 Å². The van der Waals surface area contributed by atoms with Crippen molar-refractivity contribution in [2.45, 2.75) is 31.5 Å². The number of esters is 1. The van der Waals surface area contributed by atoms with Crippen LogP contribution in [-0.2, 0) is 9.47 Å². The lowest BCUT2D eigenvalue weighted by molar-refractivity contribution is -0.0140. The Bertz CT molecular complexity index is 588. The predicted octanol–water partition coefficient (Wildman–Crippen LogP) is 2.97. The van der Waals surface area contributed by atoms with Crippen LogP contribution in [0.5, 0.6) is 0 Å². The third kappa shape index (κ3) is 1.36. The molecule has 3 aliphatic rings. The van der Waals surface area contributed by atoms with Crippen molar-refractivity contribution >= 4 is 5.97 Å². The minimum atomic E-state index is -0.231. The summed E-state index contributed by atoms with van der Waals surface area (Å²) < 4.78 is 11.6. The van der Waals surface area contributed by atoms with Crippen molar-refractivity contribution in [1.29, 1.82) is 0 Å². The molecule has 1 aromatic rings. The first-order valence-electron chi connectivity index (χ1n) is 7.14. The number of hydrogen-bond donors (Lipinski definition) is 0. The van der Waals surface area contributed by atoms with Crippen molar-refractivity contribution in [3.8, 4) is 0 Å². The van der Waals surface area contributed by atoms with Gasteiger partial charge < -0.3 is 9.47 Å². The highest BCUT2D eigenvalue weighted by atomic mass is 16.6. The van der Waals surface area contributed by atoms with E-state index in [1.54, 1.807) is 12.1 Å². The van der Waals surface area contributed by atoms with E-state index in [2.05, 4.69) is 13.5 Å². The fourth-order valence-corrected chi connectivity index (χ4v) is 4.25. The summed E-state index contributed by atoms with van der Waals surface area (Å²) >= 11 is 0. The average molecular weight is 270 g/mol. The average Bonchev–Trinajstić information content (AvgIpc) is 3.17. The zero-order chi connectivity index (χ0) is 14.0. The summed E-state index contributed by atoms with van der Waals surface area (Å²) in [6.07, 6.45) is 1.70. The third-order valence-corrected chi connectivity index (χ3v) is 5.49. The molecule has 0 N–H and O–H groups in total. The molecule has 4 rings (SSSR count). The quantitative estimate of drug-likeness (QED) is 0.471. The van der Waals surface area contributed by atoms with Gasteiger partial charge in [-0.3, -0.25) is 0 Å². The van der Waals surface area contributed by atoms with E-state index in [-0.39, 0.29) is 23.1 Å². The first-order valence-corrected chi connectivity index (χ1v) is 7.14. The number of carbonyl (C=O) groups is 1. The molecule has 1 saturated heterocycles. The number of rotatable bonds is 2. The molecule has 1 aromatic carbocycles. The Morgan fingerprint density at radius 1 is 1.40 bits per heavy atom. The smallest absolute Gasteiger partial charge is 0.338 e. The van der Waals surface area contributed by atoms with E-state index in [0.29, 0.717) is 11.5 Å². The highest BCUT2D eigenvalue weighted by molar-refractivity contribution is 5.89. The Labute approximate surface area is 118 Å². The summed E-state index contributed by atoms with van der Waals surface area (Å²) in [5.74, 6) is 0.131. The van der Waals surface area contributed by atoms with E-state index in [1.807, 2.05) is 18.2 Å². The maximum Gasteiger partial charge on any atom is 0.338 e. The summed E-state index contributed by atoms with van der Waals surface area (Å²) in [5.41, 5.74) is 1.69. The molecule has 0 amide bonds. The lowest BCUT2D eigenvalue weighted by Gasteiger charge is -2.32. The third-order valence-electron chi connectivity index (χ3n) is 5.49. The summed E-state index contributed by atoms with van der Waals surface area (Å²) in [4.78, 5) is 12.2. The van der Waals surface area contributed by atoms with Gasteiger partial charge in [0.1, 0.15) is 11.7 Å². The molecule has 0 aromatic heterocycles. The van der Waals surface area contributed by atoms with Crippen LogP contribution in [0.15, 0.2) is 42.5 Å². The standard InChI is InChI=1S/C17H18O3/c1-11-9-16(2)14(8-13(11)17(16)10-19-17)20-15(18)12-6-4-3-5-7-12/h3-7,13-14H,1,8-10H2,2H3/t13-,14-,16+,17+/m1/s1. The fourth-order valence-electron chi connectivity index (χ4n) is 4.25. The lowest BCUT2D eigenvalue weighted by atomic mass is 9.78. The summed E-state index contributed by atoms with van der Waals surface area (Å²) in [6.45, 7) is 7.13. The maximum absolute atomic E-state index is 12.2. The number of hydrogen-bond acceptors (Lipinski definition) is 3. The molecule has 3 fully saturated rings. The minimum absolute atomic E-state index is 0.0618. The van der Waals surface area contributed by atoms with Gasteiger partial charge in [0.15, 0.2) is 0 Å². The monoisotopic (exact) mass is 270 g/mol. The summed E-state index contributed by atoms with van der Waals surface area (Å²) in [5, 5.41) is 0. The van der Waals surface area contributed by atoms with Crippen molar-refractivity contribution < 1.29 is 14.3 Å². The number of ether oxygens (including phenoxy) is 2. The molecule has 2 aliphatic carbocycles. The fraction of sp³-hybridized carbons (Fsp3) is 0.471. The van der Waals surface area contributed by atoms with E-state index in [4.69, 9.17) is 9.47 Å². The van der Waals surface area contributed by atoms with Crippen LogP contribution < -0.4 is 0 Å². The van der Waals surface area contributed by atoms with Crippen LogP contribution in [-0.4, -0.2) is 24.3 Å². The van der Waals surface area contributed by atoms with Crippen LogP contribution in [0.4, 0.5) is 0 Å². The van der Waals surface area contributed by atoms with Gasteiger partial charge in [0, 0.05) is 11.3 Å². The number of carbonyl (C=O) groups excluding carboxylic acids is 1. The molecule has 3 heteroatoms. The van der Waals surface area contributed by atoms with E-state index in [1.165, 1.54) is 5.57 Å². The molecule has 20 heavy (non-hydrogen) atoms. The van der Waals surface area contributed by atoms with Crippen molar-refractivity contribution in [1.82, 2.24) is 0 Å². The molecular formula is C17H18O3. The van der Waals surface area contributed by atoms with E-state index in [9.17, 15) is 4.79 Å². The van der Waals surface area contributed by atoms with Crippen LogP contribution in [0.25, 0.3) is 0 Å². The lowest BCUT2D eigenvalue weighted by Crippen LogP contribution is -2.38. The van der Waals surface area contributed by atoms with Gasteiger partial charge >= 0.3 is 5.97 Å². The van der Waals surface area contributed by atoms with Crippen LogP contribution in [0.2, 0.25) is 0 Å². The Hall–Kier alpha value is -1.61. The van der Waals surface area contributed by atoms with Crippen LogP contribution in [0.1, 0.15) is 30.1 Å². The molecule has 104 valence electrons. The Balaban J connectivity index is 1.57. The summed E-state index contributed by atoms with van der Waals surface area (Å²) in [7, 11) is 0. The summed E-state index contributed by atoms with van der Waals surface area (Å²) in [6, 6.07) is 9.19. The number of benzene rings is 1. The van der Waals surface area contributed by atoms with Crippen LogP contribution >= 0.6 is 0 Å². The second-order valence-corrected chi connectivity index (χ2v) is 6.48. The highest BCUT2D eigenvalue weighted by Gasteiger charge is 2.76. The van der Waals surface area contributed by atoms with Crippen molar-refractivity contribution in [2.24, 2.45) is 11.3 Å². The van der Waals surface area contributed by atoms with E-state index >= 15 is 0 Å². The minimum Gasteiger partial charge on any atom is -0.458 e. The predicted molar refractivity (Wildman–Crippen MR) is 74.3 cm³/mol. The molecule has 1 aliphatic heterocycles. The Kier molecular flexibility index (Phi) is 2.27. The number of epoxide rings is 1. The zero-order valence-corrected chi connectivity index (χ0v) is 11.6. The second-order valence-electron chi connectivity index (χ2n) is 6.48. The van der Waals surface area contributed by atoms with E-state index < -0.39 is 0 Å². The SMILES string of the molecule is C=C1C[C@@]2(C)[C@H](OC(=O)c3ccccc3)C[C@H]1[C@@]21CO1. The van der Waals surface area contributed by atoms with Gasteiger partial charge in [-0.1, -0.05) is 37.3 Å². The van der Waals surface area contributed by atoms with Gasteiger partial charge in [0.2, 0.25) is 0 Å². The van der Waals surface area contributed by atoms with E-state index in [0.717, 1.165) is 19.4 Å². The maximum atomic E-state index is 12.2. The van der Waals surface area contributed by atoms with Gasteiger partial charge in [-0.15, -0.1) is 0 Å².